The summed E-state index contributed by atoms with van der Waals surface area (Å²) in [5.41, 5.74) is 3.34. The largest absolute Gasteiger partial charge is 0.309 e. The predicted octanol–water partition coefficient (Wildman–Crippen LogP) is 0.459. The van der Waals surface area contributed by atoms with Gasteiger partial charge in [0.25, 0.3) is 5.91 Å². The molecule has 0 aliphatic carbocycles. The number of hydrogen-bond donors (Lipinski definition) is 2. The number of aromatic nitrogens is 1. The molecule has 1 amide bonds. The van der Waals surface area contributed by atoms with E-state index in [1.165, 1.54) is 0 Å². The van der Waals surface area contributed by atoms with Crippen molar-refractivity contribution in [3.63, 3.8) is 0 Å². The lowest BCUT2D eigenvalue weighted by atomic mass is 10.2. The third-order valence-electron chi connectivity index (χ3n) is 3.08. The summed E-state index contributed by atoms with van der Waals surface area (Å²) in [7, 11) is 4.15. The molecule has 0 unspecified atom stereocenters. The molecule has 0 saturated heterocycles. The van der Waals surface area contributed by atoms with Gasteiger partial charge in [-0.05, 0) is 52.3 Å². The quantitative estimate of drug-likeness (QED) is 0.411. The van der Waals surface area contributed by atoms with Crippen LogP contribution < -0.4 is 11.3 Å². The van der Waals surface area contributed by atoms with E-state index < -0.39 is 0 Å². The first-order valence-electron chi connectivity index (χ1n) is 6.90. The molecule has 0 aromatic carbocycles. The van der Waals surface area contributed by atoms with E-state index in [1.54, 1.807) is 6.07 Å². The molecule has 6 heteroatoms. The fourth-order valence-electron chi connectivity index (χ4n) is 1.96. The fraction of sp³-hybridized carbons (Fsp3) is 0.571. The zero-order chi connectivity index (χ0) is 15.0. The number of carbonyl (C=O) groups is 1. The molecule has 0 bridgehead atoms. The summed E-state index contributed by atoms with van der Waals surface area (Å²) in [6.45, 7) is 5.92. The Labute approximate surface area is 120 Å². The number of nitrogens with zero attached hydrogens (tertiary/aromatic N) is 3. The third-order valence-corrected chi connectivity index (χ3v) is 3.08. The van der Waals surface area contributed by atoms with Crippen molar-refractivity contribution in [2.75, 3.05) is 33.7 Å². The zero-order valence-electron chi connectivity index (χ0n) is 12.6. The van der Waals surface area contributed by atoms with E-state index >= 15 is 0 Å². The van der Waals surface area contributed by atoms with E-state index in [-0.39, 0.29) is 5.91 Å². The van der Waals surface area contributed by atoms with Crippen molar-refractivity contribution in [2.24, 2.45) is 5.84 Å². The van der Waals surface area contributed by atoms with E-state index in [9.17, 15) is 4.79 Å². The lowest BCUT2D eigenvalue weighted by Crippen LogP contribution is -2.31. The SMILES string of the molecule is CCN(CCCN(C)C)Cc1cccc(C(=O)NN)n1. The van der Waals surface area contributed by atoms with Crippen molar-refractivity contribution in [2.45, 2.75) is 19.9 Å². The molecule has 6 nitrogen and oxygen atoms in total. The lowest BCUT2D eigenvalue weighted by Gasteiger charge is -2.21. The molecule has 0 atom stereocenters. The Morgan fingerprint density at radius 3 is 2.70 bits per heavy atom. The van der Waals surface area contributed by atoms with Crippen molar-refractivity contribution in [3.05, 3.63) is 29.6 Å². The minimum atomic E-state index is -0.359. The van der Waals surface area contributed by atoms with Crippen LogP contribution in [0, 0.1) is 0 Å². The lowest BCUT2D eigenvalue weighted by molar-refractivity contribution is 0.0948. The highest BCUT2D eigenvalue weighted by molar-refractivity contribution is 5.91. The van der Waals surface area contributed by atoms with E-state index in [2.05, 4.69) is 41.2 Å². The van der Waals surface area contributed by atoms with Crippen molar-refractivity contribution in [1.29, 1.82) is 0 Å². The molecule has 1 rings (SSSR count). The first-order chi connectivity index (χ1) is 9.56. The maximum absolute atomic E-state index is 11.5. The Morgan fingerprint density at radius 1 is 1.35 bits per heavy atom. The van der Waals surface area contributed by atoms with Gasteiger partial charge in [-0.3, -0.25) is 15.1 Å². The normalized spacial score (nSPS) is 11.1. The molecule has 0 saturated carbocycles. The van der Waals surface area contributed by atoms with Crippen LogP contribution in [0.3, 0.4) is 0 Å². The van der Waals surface area contributed by atoms with Crippen LogP contribution in [-0.4, -0.2) is 54.4 Å². The van der Waals surface area contributed by atoms with Gasteiger partial charge in [0.2, 0.25) is 0 Å². The maximum atomic E-state index is 11.5. The molecule has 0 aliphatic rings. The Morgan fingerprint density at radius 2 is 2.10 bits per heavy atom. The van der Waals surface area contributed by atoms with Crippen LogP contribution in [0.4, 0.5) is 0 Å². The number of hydrazine groups is 1. The summed E-state index contributed by atoms with van der Waals surface area (Å²) in [6, 6.07) is 5.43. The molecule has 0 radical (unpaired) electrons. The van der Waals surface area contributed by atoms with Gasteiger partial charge in [0.05, 0.1) is 5.69 Å². The van der Waals surface area contributed by atoms with E-state index in [1.807, 2.05) is 12.1 Å². The maximum Gasteiger partial charge on any atom is 0.283 e. The number of nitrogens with one attached hydrogen (secondary N) is 1. The number of nitrogens with two attached hydrogens (primary N) is 1. The summed E-state index contributed by atoms with van der Waals surface area (Å²) in [4.78, 5) is 20.3. The van der Waals surface area contributed by atoms with Gasteiger partial charge in [-0.25, -0.2) is 10.8 Å². The molecule has 1 aromatic heterocycles. The molecular weight excluding hydrogens is 254 g/mol. The molecular formula is C14H25N5O. The van der Waals surface area contributed by atoms with Gasteiger partial charge in [0, 0.05) is 6.54 Å². The first-order valence-corrected chi connectivity index (χ1v) is 6.90. The van der Waals surface area contributed by atoms with Crippen LogP contribution in [0.25, 0.3) is 0 Å². The Hall–Kier alpha value is -1.50. The summed E-state index contributed by atoms with van der Waals surface area (Å²) in [6.07, 6.45) is 1.11. The monoisotopic (exact) mass is 279 g/mol. The Bertz CT molecular complexity index is 422. The summed E-state index contributed by atoms with van der Waals surface area (Å²) >= 11 is 0. The van der Waals surface area contributed by atoms with Crippen molar-refractivity contribution in [1.82, 2.24) is 20.2 Å². The third kappa shape index (κ3) is 5.64. The van der Waals surface area contributed by atoms with Gasteiger partial charge in [-0.2, -0.15) is 0 Å². The van der Waals surface area contributed by atoms with E-state index in [4.69, 9.17) is 5.84 Å². The van der Waals surface area contributed by atoms with Gasteiger partial charge >= 0.3 is 0 Å². The minimum absolute atomic E-state index is 0.356. The molecule has 0 aliphatic heterocycles. The molecule has 1 heterocycles. The van der Waals surface area contributed by atoms with E-state index in [0.717, 1.165) is 38.3 Å². The Kier molecular flexibility index (Phi) is 7.14. The minimum Gasteiger partial charge on any atom is -0.309 e. The Balaban J connectivity index is 2.58. The van der Waals surface area contributed by atoms with Gasteiger partial charge < -0.3 is 4.90 Å². The van der Waals surface area contributed by atoms with Crippen LogP contribution in [-0.2, 0) is 6.54 Å². The summed E-state index contributed by atoms with van der Waals surface area (Å²) in [5.74, 6) is 4.76. The van der Waals surface area contributed by atoms with Crippen molar-refractivity contribution >= 4 is 5.91 Å². The second-order valence-corrected chi connectivity index (χ2v) is 5.01. The van der Waals surface area contributed by atoms with Gasteiger partial charge in [-0.15, -0.1) is 0 Å². The average Bonchev–Trinajstić information content (AvgIpc) is 2.45. The second kappa shape index (κ2) is 8.63. The van der Waals surface area contributed by atoms with Crippen LogP contribution in [0.15, 0.2) is 18.2 Å². The molecule has 112 valence electrons. The average molecular weight is 279 g/mol. The highest BCUT2D eigenvalue weighted by Crippen LogP contribution is 2.05. The van der Waals surface area contributed by atoms with E-state index in [0.29, 0.717) is 5.69 Å². The van der Waals surface area contributed by atoms with Crippen molar-refractivity contribution in [3.8, 4) is 0 Å². The van der Waals surface area contributed by atoms with Gasteiger partial charge in [0.1, 0.15) is 5.69 Å². The highest BCUT2D eigenvalue weighted by Gasteiger charge is 2.09. The predicted molar refractivity (Wildman–Crippen MR) is 80.0 cm³/mol. The summed E-state index contributed by atoms with van der Waals surface area (Å²) in [5, 5.41) is 0. The topological polar surface area (TPSA) is 74.5 Å². The molecule has 1 aromatic rings. The molecule has 0 fully saturated rings. The first kappa shape index (κ1) is 16.6. The number of amides is 1. The molecule has 20 heavy (non-hydrogen) atoms. The number of rotatable bonds is 8. The summed E-state index contributed by atoms with van der Waals surface area (Å²) < 4.78 is 0. The standard InChI is InChI=1S/C14H25N5O/c1-4-19(10-6-9-18(2)3)11-12-7-5-8-13(16-12)14(20)17-15/h5,7-8H,4,6,9-11,15H2,1-3H3,(H,17,20). The van der Waals surface area contributed by atoms with Gasteiger partial charge in [0.15, 0.2) is 0 Å². The van der Waals surface area contributed by atoms with Crippen LogP contribution in [0.5, 0.6) is 0 Å². The number of nitrogen functional groups attached to an aromatic ring is 1. The number of hydrogen-bond acceptors (Lipinski definition) is 5. The zero-order valence-corrected chi connectivity index (χ0v) is 12.6. The van der Waals surface area contributed by atoms with Crippen LogP contribution in [0.1, 0.15) is 29.5 Å². The number of pyridine rings is 1. The molecule has 0 spiro atoms. The smallest absolute Gasteiger partial charge is 0.283 e. The van der Waals surface area contributed by atoms with Crippen LogP contribution >= 0.6 is 0 Å². The molecule has 3 N–H and O–H groups in total. The fourth-order valence-corrected chi connectivity index (χ4v) is 1.96. The van der Waals surface area contributed by atoms with Gasteiger partial charge in [-0.1, -0.05) is 13.0 Å². The number of carbonyl (C=O) groups excluding carboxylic acids is 1. The van der Waals surface area contributed by atoms with Crippen molar-refractivity contribution < 1.29 is 4.79 Å². The highest BCUT2D eigenvalue weighted by atomic mass is 16.2. The van der Waals surface area contributed by atoms with Crippen LogP contribution in [0.2, 0.25) is 0 Å². The second-order valence-electron chi connectivity index (χ2n) is 5.01.